The summed E-state index contributed by atoms with van der Waals surface area (Å²) in [5.41, 5.74) is 14.5. The van der Waals surface area contributed by atoms with E-state index in [-0.39, 0.29) is 5.54 Å². The van der Waals surface area contributed by atoms with Crippen molar-refractivity contribution in [3.05, 3.63) is 48.3 Å². The normalized spacial score (nSPS) is 27.4. The molecule has 100 valence electrons. The highest BCUT2D eigenvalue weighted by Gasteiger charge is 2.31. The van der Waals surface area contributed by atoms with Crippen LogP contribution in [0.3, 0.4) is 0 Å². The van der Waals surface area contributed by atoms with Crippen LogP contribution in [0.15, 0.2) is 42.7 Å². The lowest BCUT2D eigenvalue weighted by molar-refractivity contribution is 0.277. The standard InChI is InChI=1S/C15H20N4/c16-13-6-8-15(17,9-7-13)12-2-4-14(5-3-12)19-11-1-10-18-19/h1-5,10-11,13H,6-9,16-17H2. The molecule has 1 aromatic heterocycles. The monoisotopic (exact) mass is 256 g/mol. The van der Waals surface area contributed by atoms with Crippen molar-refractivity contribution in [1.82, 2.24) is 9.78 Å². The minimum Gasteiger partial charge on any atom is -0.328 e. The maximum atomic E-state index is 6.53. The summed E-state index contributed by atoms with van der Waals surface area (Å²) in [6.45, 7) is 0. The van der Waals surface area contributed by atoms with Crippen LogP contribution >= 0.6 is 0 Å². The van der Waals surface area contributed by atoms with Crippen LogP contribution in [0, 0.1) is 0 Å². The van der Waals surface area contributed by atoms with Gasteiger partial charge in [-0.2, -0.15) is 5.10 Å². The van der Waals surface area contributed by atoms with Crippen molar-refractivity contribution in [3.63, 3.8) is 0 Å². The molecule has 0 amide bonds. The van der Waals surface area contributed by atoms with Gasteiger partial charge in [-0.1, -0.05) is 12.1 Å². The molecule has 4 N–H and O–H groups in total. The Hall–Kier alpha value is -1.65. The van der Waals surface area contributed by atoms with Crippen molar-refractivity contribution in [2.75, 3.05) is 0 Å². The van der Waals surface area contributed by atoms with E-state index in [1.807, 2.05) is 16.9 Å². The van der Waals surface area contributed by atoms with Crippen LogP contribution in [0.1, 0.15) is 31.2 Å². The Morgan fingerprint density at radius 1 is 1.16 bits per heavy atom. The lowest BCUT2D eigenvalue weighted by atomic mass is 9.76. The minimum absolute atomic E-state index is 0.210. The summed E-state index contributed by atoms with van der Waals surface area (Å²) >= 11 is 0. The molecule has 1 aromatic carbocycles. The SMILES string of the molecule is NC1CCC(N)(c2ccc(-n3cccn3)cc2)CC1. The summed E-state index contributed by atoms with van der Waals surface area (Å²) in [6.07, 6.45) is 7.67. The smallest absolute Gasteiger partial charge is 0.0645 e. The fourth-order valence-electron chi connectivity index (χ4n) is 2.81. The maximum Gasteiger partial charge on any atom is 0.0645 e. The molecule has 1 aliphatic carbocycles. The van der Waals surface area contributed by atoms with Gasteiger partial charge < -0.3 is 11.5 Å². The number of benzene rings is 1. The van der Waals surface area contributed by atoms with E-state index < -0.39 is 0 Å². The molecule has 0 unspecified atom stereocenters. The lowest BCUT2D eigenvalue weighted by Crippen LogP contribution is -2.43. The van der Waals surface area contributed by atoms with Crippen molar-refractivity contribution >= 4 is 0 Å². The largest absolute Gasteiger partial charge is 0.328 e. The number of aromatic nitrogens is 2. The molecule has 0 atom stereocenters. The van der Waals surface area contributed by atoms with E-state index in [1.54, 1.807) is 6.20 Å². The van der Waals surface area contributed by atoms with Gasteiger partial charge in [-0.3, -0.25) is 0 Å². The first-order chi connectivity index (χ1) is 9.17. The topological polar surface area (TPSA) is 69.9 Å². The Morgan fingerprint density at radius 2 is 1.84 bits per heavy atom. The Morgan fingerprint density at radius 3 is 2.42 bits per heavy atom. The minimum atomic E-state index is -0.210. The molecule has 0 bridgehead atoms. The summed E-state index contributed by atoms with van der Waals surface area (Å²) in [5, 5.41) is 4.22. The summed E-state index contributed by atoms with van der Waals surface area (Å²) in [6, 6.07) is 10.6. The highest BCUT2D eigenvalue weighted by Crippen LogP contribution is 2.34. The predicted molar refractivity (Wildman–Crippen MR) is 75.9 cm³/mol. The number of hydrogen-bond acceptors (Lipinski definition) is 3. The van der Waals surface area contributed by atoms with Crippen LogP contribution in [0.5, 0.6) is 0 Å². The fraction of sp³-hybridized carbons (Fsp3) is 0.400. The number of nitrogens with zero attached hydrogens (tertiary/aromatic N) is 2. The molecule has 0 saturated heterocycles. The van der Waals surface area contributed by atoms with E-state index in [9.17, 15) is 0 Å². The van der Waals surface area contributed by atoms with Crippen molar-refractivity contribution < 1.29 is 0 Å². The van der Waals surface area contributed by atoms with Crippen molar-refractivity contribution in [2.45, 2.75) is 37.3 Å². The molecule has 19 heavy (non-hydrogen) atoms. The lowest BCUT2D eigenvalue weighted by Gasteiger charge is -2.36. The number of rotatable bonds is 2. The second-order valence-electron chi connectivity index (χ2n) is 5.49. The van der Waals surface area contributed by atoms with Gasteiger partial charge in [-0.25, -0.2) is 4.68 Å². The molecule has 1 heterocycles. The van der Waals surface area contributed by atoms with Gasteiger partial charge in [0.25, 0.3) is 0 Å². The molecule has 0 radical (unpaired) electrons. The average Bonchev–Trinajstić information content (AvgIpc) is 2.97. The molecule has 3 rings (SSSR count). The molecule has 4 nitrogen and oxygen atoms in total. The summed E-state index contributed by atoms with van der Waals surface area (Å²) in [7, 11) is 0. The van der Waals surface area contributed by atoms with Crippen LogP contribution in [0.2, 0.25) is 0 Å². The first kappa shape index (κ1) is 12.4. The molecule has 1 fully saturated rings. The molecule has 1 aliphatic rings. The molecule has 4 heteroatoms. The van der Waals surface area contributed by atoms with Gasteiger partial charge in [0, 0.05) is 24.0 Å². The van der Waals surface area contributed by atoms with Crippen molar-refractivity contribution in [3.8, 4) is 5.69 Å². The van der Waals surface area contributed by atoms with Crippen LogP contribution in [-0.4, -0.2) is 15.8 Å². The highest BCUT2D eigenvalue weighted by atomic mass is 15.3. The second kappa shape index (κ2) is 4.79. The van der Waals surface area contributed by atoms with E-state index in [2.05, 4.69) is 29.4 Å². The molecular weight excluding hydrogens is 236 g/mol. The third kappa shape index (κ3) is 2.41. The summed E-state index contributed by atoms with van der Waals surface area (Å²) in [5.74, 6) is 0. The second-order valence-corrected chi connectivity index (χ2v) is 5.49. The first-order valence-electron chi connectivity index (χ1n) is 6.82. The highest BCUT2D eigenvalue weighted by molar-refractivity contribution is 5.36. The molecule has 1 saturated carbocycles. The van der Waals surface area contributed by atoms with Crippen molar-refractivity contribution in [2.24, 2.45) is 11.5 Å². The average molecular weight is 256 g/mol. The van der Waals surface area contributed by atoms with Gasteiger partial charge in [0.1, 0.15) is 0 Å². The van der Waals surface area contributed by atoms with Gasteiger partial charge in [-0.15, -0.1) is 0 Å². The molecule has 0 spiro atoms. The third-order valence-electron chi connectivity index (χ3n) is 4.13. The van der Waals surface area contributed by atoms with Gasteiger partial charge in [0.05, 0.1) is 5.69 Å². The van der Waals surface area contributed by atoms with Gasteiger partial charge in [-0.05, 0) is 49.4 Å². The van der Waals surface area contributed by atoms with Crippen molar-refractivity contribution in [1.29, 1.82) is 0 Å². The summed E-state index contributed by atoms with van der Waals surface area (Å²) in [4.78, 5) is 0. The number of nitrogens with two attached hydrogens (primary N) is 2. The van der Waals surface area contributed by atoms with Gasteiger partial charge >= 0.3 is 0 Å². The zero-order valence-corrected chi connectivity index (χ0v) is 11.0. The Balaban J connectivity index is 1.82. The fourth-order valence-corrected chi connectivity index (χ4v) is 2.81. The first-order valence-corrected chi connectivity index (χ1v) is 6.82. The molecular formula is C15H20N4. The van der Waals surface area contributed by atoms with Crippen LogP contribution in [0.25, 0.3) is 5.69 Å². The zero-order valence-electron chi connectivity index (χ0n) is 11.0. The number of hydrogen-bond donors (Lipinski definition) is 2. The van der Waals surface area contributed by atoms with Crippen LogP contribution in [-0.2, 0) is 5.54 Å². The molecule has 2 aromatic rings. The Labute approximate surface area is 113 Å². The third-order valence-corrected chi connectivity index (χ3v) is 4.13. The van der Waals surface area contributed by atoms with E-state index >= 15 is 0 Å². The van der Waals surface area contributed by atoms with Gasteiger partial charge in [0.15, 0.2) is 0 Å². The summed E-state index contributed by atoms with van der Waals surface area (Å²) < 4.78 is 1.85. The van der Waals surface area contributed by atoms with E-state index in [4.69, 9.17) is 11.5 Å². The van der Waals surface area contributed by atoms with E-state index in [0.29, 0.717) is 6.04 Å². The Bertz CT molecular complexity index is 522. The van der Waals surface area contributed by atoms with E-state index in [1.165, 1.54) is 5.56 Å². The van der Waals surface area contributed by atoms with E-state index in [0.717, 1.165) is 31.4 Å². The van der Waals surface area contributed by atoms with Crippen LogP contribution < -0.4 is 11.5 Å². The predicted octanol–water partition coefficient (Wildman–Crippen LogP) is 1.93. The zero-order chi connectivity index (χ0) is 13.3. The van der Waals surface area contributed by atoms with Crippen LogP contribution in [0.4, 0.5) is 0 Å². The molecule has 0 aliphatic heterocycles. The quantitative estimate of drug-likeness (QED) is 0.862. The Kier molecular flexibility index (Phi) is 3.12. The maximum absolute atomic E-state index is 6.53. The van der Waals surface area contributed by atoms with Gasteiger partial charge in [0.2, 0.25) is 0 Å².